The second-order valence-corrected chi connectivity index (χ2v) is 5.80. The van der Waals surface area contributed by atoms with Crippen molar-refractivity contribution in [2.45, 2.75) is 24.1 Å². The normalized spacial score (nSPS) is 32.8. The van der Waals surface area contributed by atoms with Crippen LogP contribution in [0.2, 0.25) is 0 Å². The van der Waals surface area contributed by atoms with Gasteiger partial charge in [0, 0.05) is 30.4 Å². The highest BCUT2D eigenvalue weighted by Crippen LogP contribution is 2.34. The highest BCUT2D eigenvalue weighted by molar-refractivity contribution is 8.00. The van der Waals surface area contributed by atoms with Gasteiger partial charge in [0.2, 0.25) is 0 Å². The van der Waals surface area contributed by atoms with Crippen LogP contribution in [0.5, 0.6) is 0 Å². The van der Waals surface area contributed by atoms with Gasteiger partial charge in [-0.1, -0.05) is 6.92 Å². The number of nitrogens with one attached hydrogen (secondary N) is 1. The van der Waals surface area contributed by atoms with Gasteiger partial charge in [0.25, 0.3) is 0 Å². The van der Waals surface area contributed by atoms with Crippen molar-refractivity contribution in [3.05, 3.63) is 0 Å². The monoisotopic (exact) mass is 217 g/mol. The first-order valence-corrected chi connectivity index (χ1v) is 6.37. The molecule has 0 saturated carbocycles. The van der Waals surface area contributed by atoms with Crippen LogP contribution in [0, 0.1) is 0 Å². The molecule has 0 amide bonds. The third-order valence-electron chi connectivity index (χ3n) is 3.09. The molecule has 0 aliphatic carbocycles. The molecule has 0 bridgehead atoms. The fourth-order valence-corrected chi connectivity index (χ4v) is 3.33. The van der Waals surface area contributed by atoms with E-state index < -0.39 is 0 Å². The molecular weight excluding hydrogens is 194 g/mol. The van der Waals surface area contributed by atoms with Crippen LogP contribution in [0.25, 0.3) is 0 Å². The summed E-state index contributed by atoms with van der Waals surface area (Å²) in [5.41, 5.74) is 6.08. The highest BCUT2D eigenvalue weighted by atomic mass is 32.2. The molecule has 1 saturated heterocycles. The van der Waals surface area contributed by atoms with Crippen molar-refractivity contribution in [3.8, 4) is 0 Å². The third-order valence-corrected chi connectivity index (χ3v) is 4.49. The summed E-state index contributed by atoms with van der Waals surface area (Å²) in [4.78, 5) is 2.20. The SMILES string of the molecule is CC1SCCC1(CN)NCCN(C)C. The molecule has 4 heteroatoms. The molecule has 1 rings (SSSR count). The maximum Gasteiger partial charge on any atom is 0.0429 e. The van der Waals surface area contributed by atoms with Crippen LogP contribution in [0.4, 0.5) is 0 Å². The molecule has 0 aromatic heterocycles. The zero-order valence-electron chi connectivity index (χ0n) is 9.55. The van der Waals surface area contributed by atoms with Crippen molar-refractivity contribution in [3.63, 3.8) is 0 Å². The first-order chi connectivity index (χ1) is 6.60. The van der Waals surface area contributed by atoms with Crippen molar-refractivity contribution >= 4 is 11.8 Å². The van der Waals surface area contributed by atoms with Gasteiger partial charge in [0.15, 0.2) is 0 Å². The predicted octanol–water partition coefficient (Wildman–Crippen LogP) is 0.361. The molecule has 2 unspecified atom stereocenters. The fourth-order valence-electron chi connectivity index (χ4n) is 1.88. The Hall–Kier alpha value is 0.230. The molecule has 0 aromatic carbocycles. The lowest BCUT2D eigenvalue weighted by molar-refractivity contribution is 0.306. The zero-order chi connectivity index (χ0) is 10.6. The third kappa shape index (κ3) is 2.86. The van der Waals surface area contributed by atoms with Crippen molar-refractivity contribution in [2.75, 3.05) is 39.5 Å². The van der Waals surface area contributed by atoms with Gasteiger partial charge < -0.3 is 16.0 Å². The van der Waals surface area contributed by atoms with E-state index in [1.807, 2.05) is 11.8 Å². The number of hydrogen-bond donors (Lipinski definition) is 2. The van der Waals surface area contributed by atoms with Gasteiger partial charge in [0.1, 0.15) is 0 Å². The van der Waals surface area contributed by atoms with Crippen LogP contribution in [0.1, 0.15) is 13.3 Å². The Morgan fingerprint density at radius 3 is 2.71 bits per heavy atom. The molecule has 1 heterocycles. The lowest BCUT2D eigenvalue weighted by atomic mass is 9.93. The number of likely N-dealkylation sites (N-methyl/N-ethyl adjacent to an activating group) is 1. The summed E-state index contributed by atoms with van der Waals surface area (Å²) in [5, 5.41) is 4.29. The number of rotatable bonds is 5. The Morgan fingerprint density at radius 2 is 2.29 bits per heavy atom. The van der Waals surface area contributed by atoms with Gasteiger partial charge in [-0.15, -0.1) is 0 Å². The van der Waals surface area contributed by atoms with E-state index in [-0.39, 0.29) is 5.54 Å². The van der Waals surface area contributed by atoms with E-state index in [1.54, 1.807) is 0 Å². The summed E-state index contributed by atoms with van der Waals surface area (Å²) >= 11 is 2.03. The Balaban J connectivity index is 2.37. The predicted molar refractivity (Wildman–Crippen MR) is 64.9 cm³/mol. The summed E-state index contributed by atoms with van der Waals surface area (Å²) in [7, 11) is 4.20. The lowest BCUT2D eigenvalue weighted by Crippen LogP contribution is -2.56. The van der Waals surface area contributed by atoms with Gasteiger partial charge in [-0.2, -0.15) is 11.8 Å². The molecule has 3 nitrogen and oxygen atoms in total. The van der Waals surface area contributed by atoms with Gasteiger partial charge in [-0.05, 0) is 26.3 Å². The average molecular weight is 217 g/mol. The van der Waals surface area contributed by atoms with Crippen molar-refractivity contribution in [1.82, 2.24) is 10.2 Å². The van der Waals surface area contributed by atoms with E-state index >= 15 is 0 Å². The fraction of sp³-hybridized carbons (Fsp3) is 1.00. The van der Waals surface area contributed by atoms with E-state index in [2.05, 4.69) is 31.2 Å². The Bertz CT molecular complexity index is 175. The van der Waals surface area contributed by atoms with Crippen molar-refractivity contribution < 1.29 is 0 Å². The minimum absolute atomic E-state index is 0.195. The second-order valence-electron chi connectivity index (χ2n) is 4.35. The Kier molecular flexibility index (Phi) is 4.70. The van der Waals surface area contributed by atoms with E-state index in [9.17, 15) is 0 Å². The Labute approximate surface area is 91.8 Å². The van der Waals surface area contributed by atoms with Gasteiger partial charge in [-0.3, -0.25) is 0 Å². The molecule has 1 fully saturated rings. The second kappa shape index (κ2) is 5.35. The van der Waals surface area contributed by atoms with Crippen LogP contribution in [0.3, 0.4) is 0 Å². The van der Waals surface area contributed by atoms with E-state index in [4.69, 9.17) is 5.73 Å². The maximum absolute atomic E-state index is 5.89. The van der Waals surface area contributed by atoms with E-state index in [1.165, 1.54) is 12.2 Å². The lowest BCUT2D eigenvalue weighted by Gasteiger charge is -2.33. The molecule has 0 spiro atoms. The standard InChI is InChI=1S/C10H23N3S/c1-9-10(8-11,4-7-14-9)12-5-6-13(2)3/h9,12H,4-8,11H2,1-3H3. The van der Waals surface area contributed by atoms with Crippen LogP contribution < -0.4 is 11.1 Å². The smallest absolute Gasteiger partial charge is 0.0429 e. The van der Waals surface area contributed by atoms with Crippen LogP contribution >= 0.6 is 11.8 Å². The quantitative estimate of drug-likeness (QED) is 0.698. The van der Waals surface area contributed by atoms with Gasteiger partial charge in [0.05, 0.1) is 0 Å². The van der Waals surface area contributed by atoms with Gasteiger partial charge in [-0.25, -0.2) is 0 Å². The van der Waals surface area contributed by atoms with Crippen LogP contribution in [-0.2, 0) is 0 Å². The maximum atomic E-state index is 5.89. The van der Waals surface area contributed by atoms with Gasteiger partial charge >= 0.3 is 0 Å². The molecule has 0 aromatic rings. The molecule has 2 atom stereocenters. The van der Waals surface area contributed by atoms with Crippen molar-refractivity contribution in [1.29, 1.82) is 0 Å². The van der Waals surface area contributed by atoms with E-state index in [0.717, 1.165) is 19.6 Å². The molecular formula is C10H23N3S. The molecule has 0 radical (unpaired) electrons. The highest BCUT2D eigenvalue weighted by Gasteiger charge is 2.38. The summed E-state index contributed by atoms with van der Waals surface area (Å²) in [5.74, 6) is 1.24. The average Bonchev–Trinajstić information content (AvgIpc) is 2.48. The summed E-state index contributed by atoms with van der Waals surface area (Å²) in [6, 6.07) is 0. The van der Waals surface area contributed by atoms with Crippen LogP contribution in [-0.4, -0.2) is 55.2 Å². The molecule has 1 aliphatic rings. The number of nitrogens with two attached hydrogens (primary N) is 1. The summed E-state index contributed by atoms with van der Waals surface area (Å²) < 4.78 is 0. The topological polar surface area (TPSA) is 41.3 Å². The number of thioether (sulfide) groups is 1. The molecule has 14 heavy (non-hydrogen) atoms. The first kappa shape index (κ1) is 12.3. The Morgan fingerprint density at radius 1 is 1.57 bits per heavy atom. The van der Waals surface area contributed by atoms with E-state index in [0.29, 0.717) is 5.25 Å². The molecule has 1 aliphatic heterocycles. The minimum Gasteiger partial charge on any atom is -0.329 e. The first-order valence-electron chi connectivity index (χ1n) is 5.32. The van der Waals surface area contributed by atoms with Crippen molar-refractivity contribution in [2.24, 2.45) is 5.73 Å². The number of nitrogens with zero attached hydrogens (tertiary/aromatic N) is 1. The van der Waals surface area contributed by atoms with Crippen LogP contribution in [0.15, 0.2) is 0 Å². The minimum atomic E-state index is 0.195. The summed E-state index contributed by atoms with van der Waals surface area (Å²) in [6.07, 6.45) is 1.21. The zero-order valence-corrected chi connectivity index (χ0v) is 10.4. The largest absolute Gasteiger partial charge is 0.329 e. The molecule has 84 valence electrons. The summed E-state index contributed by atoms with van der Waals surface area (Å²) in [6.45, 7) is 5.16. The molecule has 3 N–H and O–H groups in total. The number of hydrogen-bond acceptors (Lipinski definition) is 4.